The van der Waals surface area contributed by atoms with E-state index in [9.17, 15) is 0 Å². The molecule has 4 heterocycles. The summed E-state index contributed by atoms with van der Waals surface area (Å²) < 4.78 is 4.84. The molecule has 0 fully saturated rings. The number of benzene rings is 7. The fourth-order valence-corrected chi connectivity index (χ4v) is 8.97. The van der Waals surface area contributed by atoms with E-state index in [-0.39, 0.29) is 0 Å². The van der Waals surface area contributed by atoms with Crippen LogP contribution in [0.3, 0.4) is 0 Å². The molecule has 7 aromatic carbocycles. The Morgan fingerprint density at radius 2 is 0.926 bits per heavy atom. The van der Waals surface area contributed by atoms with Crippen molar-refractivity contribution >= 4 is 64.2 Å². The molecule has 4 aromatic heterocycles. The molecule has 6 heteroatoms. The summed E-state index contributed by atoms with van der Waals surface area (Å²) in [5.74, 6) is 1.86. The van der Waals surface area contributed by atoms with Crippen molar-refractivity contribution < 1.29 is 0 Å². The van der Waals surface area contributed by atoms with Crippen LogP contribution < -0.4 is 0 Å². The number of rotatable bonds is 5. The monoisotopic (exact) mass is 707 g/mol. The summed E-state index contributed by atoms with van der Waals surface area (Å²) in [5.41, 5.74) is 9.15. The Hall–Kier alpha value is -7.02. The molecule has 0 saturated carbocycles. The van der Waals surface area contributed by atoms with Gasteiger partial charge in [0, 0.05) is 64.3 Å². The van der Waals surface area contributed by atoms with Crippen LogP contribution in [0.4, 0.5) is 0 Å². The molecular weight excluding hydrogens is 679 g/mol. The average Bonchev–Trinajstić information content (AvgIpc) is 3.81. The summed E-state index contributed by atoms with van der Waals surface area (Å²) in [6.45, 7) is 0. The lowest BCUT2D eigenvalue weighted by Crippen LogP contribution is -2.01. The first-order valence-electron chi connectivity index (χ1n) is 18.0. The number of aromatic nitrogens is 5. The number of pyridine rings is 1. The van der Waals surface area contributed by atoms with E-state index < -0.39 is 0 Å². The Labute approximate surface area is 314 Å². The second-order valence-electron chi connectivity index (χ2n) is 13.4. The van der Waals surface area contributed by atoms with Crippen molar-refractivity contribution in [2.24, 2.45) is 0 Å². The first-order valence-corrected chi connectivity index (χ1v) is 18.8. The van der Waals surface area contributed by atoms with Crippen LogP contribution in [-0.4, -0.2) is 24.5 Å². The zero-order chi connectivity index (χ0) is 35.6. The summed E-state index contributed by atoms with van der Waals surface area (Å²) in [5, 5.41) is 6.05. The van der Waals surface area contributed by atoms with E-state index in [1.165, 1.54) is 36.3 Å². The molecule has 0 aliphatic rings. The Bertz CT molecular complexity index is 3160. The number of fused-ring (bicyclic) bond motifs is 8. The zero-order valence-corrected chi connectivity index (χ0v) is 29.7. The average molecular weight is 708 g/mol. The molecule has 0 atom stereocenters. The Kier molecular flexibility index (Phi) is 6.97. The van der Waals surface area contributed by atoms with Gasteiger partial charge in [0.2, 0.25) is 0 Å². The molecule has 5 nitrogen and oxygen atoms in total. The molecule has 0 saturated heterocycles. The van der Waals surface area contributed by atoms with Crippen LogP contribution in [0.5, 0.6) is 0 Å². The molecule has 0 bridgehead atoms. The van der Waals surface area contributed by atoms with E-state index in [4.69, 9.17) is 19.9 Å². The van der Waals surface area contributed by atoms with E-state index in [0.717, 1.165) is 50.2 Å². The lowest BCUT2D eigenvalue weighted by atomic mass is 10.0. The smallest absolute Gasteiger partial charge is 0.164 e. The van der Waals surface area contributed by atoms with E-state index in [0.29, 0.717) is 17.5 Å². The van der Waals surface area contributed by atoms with Crippen LogP contribution in [0.25, 0.3) is 104 Å². The highest BCUT2D eigenvalue weighted by atomic mass is 32.1. The van der Waals surface area contributed by atoms with Gasteiger partial charge in [-0.15, -0.1) is 11.3 Å². The van der Waals surface area contributed by atoms with E-state index in [1.54, 1.807) is 0 Å². The van der Waals surface area contributed by atoms with Gasteiger partial charge in [-0.05, 0) is 36.4 Å². The van der Waals surface area contributed by atoms with Crippen LogP contribution in [0.2, 0.25) is 0 Å². The highest BCUT2D eigenvalue weighted by Gasteiger charge is 2.18. The molecule has 0 aliphatic carbocycles. The molecule has 54 heavy (non-hydrogen) atoms. The highest BCUT2D eigenvalue weighted by Crippen LogP contribution is 2.43. The summed E-state index contributed by atoms with van der Waals surface area (Å²) in [6, 6.07) is 61.3. The molecule has 11 aromatic rings. The van der Waals surface area contributed by atoms with Gasteiger partial charge in [0.15, 0.2) is 17.5 Å². The standard InChI is InChI=1S/C48H29N5S/c1-2-13-31(14-3-1)46-50-47(52-48(51-46)33-15-12-16-34(29-33)53-40-22-9-5-17-35(40)36-18-6-10-23-41(36)53)32-27-25-30(26-28-32)44-43-38-20-7-11-24-42(38)54-45(43)37-19-4-8-21-39(37)49-44/h1-29H. The maximum atomic E-state index is 5.24. The van der Waals surface area contributed by atoms with Gasteiger partial charge in [-0.3, -0.25) is 0 Å². The number of hydrogen-bond donors (Lipinski definition) is 0. The molecule has 11 rings (SSSR count). The van der Waals surface area contributed by atoms with Crippen LogP contribution >= 0.6 is 11.3 Å². The maximum absolute atomic E-state index is 5.24. The zero-order valence-electron chi connectivity index (χ0n) is 28.9. The Morgan fingerprint density at radius 3 is 1.65 bits per heavy atom. The van der Waals surface area contributed by atoms with Crippen LogP contribution in [0, 0.1) is 0 Å². The molecule has 0 aliphatic heterocycles. The van der Waals surface area contributed by atoms with Crippen molar-refractivity contribution in [1.29, 1.82) is 0 Å². The lowest BCUT2D eigenvalue weighted by molar-refractivity contribution is 1.07. The highest BCUT2D eigenvalue weighted by molar-refractivity contribution is 7.26. The minimum atomic E-state index is 0.616. The minimum Gasteiger partial charge on any atom is -0.309 e. The van der Waals surface area contributed by atoms with E-state index in [2.05, 4.69) is 150 Å². The first-order chi connectivity index (χ1) is 26.8. The molecule has 0 amide bonds. The lowest BCUT2D eigenvalue weighted by Gasteiger charge is -2.12. The topological polar surface area (TPSA) is 56.5 Å². The predicted octanol–water partition coefficient (Wildman–Crippen LogP) is 12.6. The van der Waals surface area contributed by atoms with Crippen molar-refractivity contribution in [1.82, 2.24) is 24.5 Å². The summed E-state index contributed by atoms with van der Waals surface area (Å²) in [4.78, 5) is 20.5. The van der Waals surface area contributed by atoms with Gasteiger partial charge >= 0.3 is 0 Å². The molecule has 0 N–H and O–H groups in total. The first kappa shape index (κ1) is 30.6. The molecule has 252 valence electrons. The number of para-hydroxylation sites is 3. The number of hydrogen-bond acceptors (Lipinski definition) is 5. The molecule has 0 radical (unpaired) electrons. The van der Waals surface area contributed by atoms with Crippen molar-refractivity contribution in [3.8, 4) is 51.1 Å². The quantitative estimate of drug-likeness (QED) is 0.179. The van der Waals surface area contributed by atoms with Crippen LogP contribution in [0.1, 0.15) is 0 Å². The minimum absolute atomic E-state index is 0.616. The molecular formula is C48H29N5S. The second kappa shape index (κ2) is 12.3. The fourth-order valence-electron chi connectivity index (χ4n) is 7.73. The van der Waals surface area contributed by atoms with Gasteiger partial charge in [0.25, 0.3) is 0 Å². The van der Waals surface area contributed by atoms with Crippen molar-refractivity contribution in [2.45, 2.75) is 0 Å². The number of thiophene rings is 1. The van der Waals surface area contributed by atoms with Crippen LogP contribution in [0.15, 0.2) is 176 Å². The Morgan fingerprint density at radius 1 is 0.389 bits per heavy atom. The van der Waals surface area contributed by atoms with Gasteiger partial charge in [0.05, 0.1) is 22.2 Å². The van der Waals surface area contributed by atoms with Crippen molar-refractivity contribution in [2.75, 3.05) is 0 Å². The van der Waals surface area contributed by atoms with Gasteiger partial charge in [-0.2, -0.15) is 0 Å². The normalized spacial score (nSPS) is 11.7. The molecule has 0 spiro atoms. The third-order valence-corrected chi connectivity index (χ3v) is 11.4. The second-order valence-corrected chi connectivity index (χ2v) is 14.5. The summed E-state index contributed by atoms with van der Waals surface area (Å²) in [7, 11) is 0. The Balaban J connectivity index is 1.05. The third kappa shape index (κ3) is 4.92. The van der Waals surface area contributed by atoms with Gasteiger partial charge in [-0.1, -0.05) is 140 Å². The van der Waals surface area contributed by atoms with Gasteiger partial charge in [0.1, 0.15) is 0 Å². The number of nitrogens with zero attached hydrogens (tertiary/aromatic N) is 5. The van der Waals surface area contributed by atoms with E-state index >= 15 is 0 Å². The van der Waals surface area contributed by atoms with Crippen LogP contribution in [-0.2, 0) is 0 Å². The summed E-state index contributed by atoms with van der Waals surface area (Å²) in [6.07, 6.45) is 0. The predicted molar refractivity (Wildman–Crippen MR) is 224 cm³/mol. The fraction of sp³-hybridized carbons (Fsp3) is 0. The van der Waals surface area contributed by atoms with Crippen molar-refractivity contribution in [3.63, 3.8) is 0 Å². The summed E-state index contributed by atoms with van der Waals surface area (Å²) >= 11 is 1.83. The van der Waals surface area contributed by atoms with Gasteiger partial charge < -0.3 is 4.57 Å². The largest absolute Gasteiger partial charge is 0.309 e. The van der Waals surface area contributed by atoms with Gasteiger partial charge in [-0.25, -0.2) is 19.9 Å². The third-order valence-electron chi connectivity index (χ3n) is 10.2. The van der Waals surface area contributed by atoms with Crippen molar-refractivity contribution in [3.05, 3.63) is 176 Å². The molecule has 0 unspecified atom stereocenters. The van der Waals surface area contributed by atoms with E-state index in [1.807, 2.05) is 41.7 Å². The SMILES string of the molecule is c1ccc(-c2nc(-c3ccc(-c4nc5ccccc5c5sc6ccccc6c45)cc3)nc(-c3cccc(-n4c5ccccc5c5ccccc54)c3)n2)cc1. The maximum Gasteiger partial charge on any atom is 0.164 e.